The third kappa shape index (κ3) is 6.62. The van der Waals surface area contributed by atoms with Crippen LogP contribution in [-0.2, 0) is 21.2 Å². The molecule has 10 nitrogen and oxygen atoms in total. The van der Waals surface area contributed by atoms with Gasteiger partial charge in [-0.2, -0.15) is 9.30 Å². The predicted molar refractivity (Wildman–Crippen MR) is 161 cm³/mol. The van der Waals surface area contributed by atoms with Gasteiger partial charge in [-0.25, -0.2) is 13.4 Å². The lowest BCUT2D eigenvalue weighted by molar-refractivity contribution is -0.126. The van der Waals surface area contributed by atoms with Crippen LogP contribution in [0.5, 0.6) is 0 Å². The van der Waals surface area contributed by atoms with Crippen LogP contribution in [-0.4, -0.2) is 79.9 Å². The van der Waals surface area contributed by atoms with Crippen LogP contribution in [0, 0.1) is 12.8 Å². The van der Waals surface area contributed by atoms with Crippen LogP contribution >= 0.6 is 0 Å². The van der Waals surface area contributed by atoms with E-state index in [0.717, 1.165) is 48.3 Å². The molecule has 2 aromatic rings. The van der Waals surface area contributed by atoms with E-state index >= 15 is 0 Å². The highest BCUT2D eigenvalue weighted by Gasteiger charge is 2.37. The van der Waals surface area contributed by atoms with Crippen molar-refractivity contribution in [2.24, 2.45) is 10.9 Å². The maximum atomic E-state index is 13.2. The average Bonchev–Trinajstić information content (AvgIpc) is 3.29. The van der Waals surface area contributed by atoms with Gasteiger partial charge in [-0.15, -0.1) is 0 Å². The smallest absolute Gasteiger partial charge is 0.278 e. The number of amidine groups is 1. The highest BCUT2D eigenvalue weighted by atomic mass is 32.2. The normalized spacial score (nSPS) is 22.7. The number of anilines is 2. The van der Waals surface area contributed by atoms with E-state index in [0.29, 0.717) is 44.0 Å². The number of amides is 2. The molecule has 1 aromatic carbocycles. The number of pyridine rings is 1. The van der Waals surface area contributed by atoms with Crippen molar-refractivity contribution in [3.05, 3.63) is 53.2 Å². The summed E-state index contributed by atoms with van der Waals surface area (Å²) >= 11 is 0. The van der Waals surface area contributed by atoms with Gasteiger partial charge in [0, 0.05) is 74.0 Å². The van der Waals surface area contributed by atoms with Crippen LogP contribution in [0.25, 0.3) is 0 Å². The van der Waals surface area contributed by atoms with Gasteiger partial charge in [-0.1, -0.05) is 17.7 Å². The van der Waals surface area contributed by atoms with Crippen LogP contribution < -0.4 is 15.1 Å². The van der Waals surface area contributed by atoms with Gasteiger partial charge in [-0.3, -0.25) is 9.59 Å². The predicted octanol–water partition coefficient (Wildman–Crippen LogP) is 3.16. The van der Waals surface area contributed by atoms with E-state index < -0.39 is 10.0 Å². The summed E-state index contributed by atoms with van der Waals surface area (Å²) in [5.74, 6) is 1.33. The van der Waals surface area contributed by atoms with Crippen LogP contribution in [0.4, 0.5) is 11.5 Å². The molecule has 0 radical (unpaired) electrons. The summed E-state index contributed by atoms with van der Waals surface area (Å²) in [5, 5.41) is 3.05. The Kier molecular flexibility index (Phi) is 8.47. The van der Waals surface area contributed by atoms with Crippen molar-refractivity contribution in [1.82, 2.24) is 14.6 Å². The minimum atomic E-state index is -3.22. The second-order valence-electron chi connectivity index (χ2n) is 11.7. The fraction of sp³-hybridized carbons (Fsp3) is 0.533. The van der Waals surface area contributed by atoms with Crippen molar-refractivity contribution >= 4 is 39.2 Å². The first kappa shape index (κ1) is 29.2. The lowest BCUT2D eigenvalue weighted by Gasteiger charge is -2.37. The highest BCUT2D eigenvalue weighted by Crippen LogP contribution is 2.39. The molecule has 1 N–H and O–H groups in total. The zero-order valence-electron chi connectivity index (χ0n) is 24.3. The number of carbonyl (C=O) groups excluding carboxylic acids is 2. The molecule has 0 atom stereocenters. The minimum absolute atomic E-state index is 0.00977. The molecule has 1 aliphatic carbocycles. The number of piperazine rings is 1. The van der Waals surface area contributed by atoms with Crippen LogP contribution in [0.1, 0.15) is 61.0 Å². The number of hydrogen-bond donors (Lipinski definition) is 1. The van der Waals surface area contributed by atoms with Crippen molar-refractivity contribution < 1.29 is 18.0 Å². The topological polar surface area (TPSA) is 115 Å². The van der Waals surface area contributed by atoms with E-state index in [1.165, 1.54) is 10.6 Å². The van der Waals surface area contributed by atoms with E-state index in [9.17, 15) is 18.0 Å². The number of benzene rings is 1. The fourth-order valence-corrected chi connectivity index (χ4v) is 6.84. The largest absolute Gasteiger partial charge is 0.354 e. The molecule has 0 unspecified atom stereocenters. The summed E-state index contributed by atoms with van der Waals surface area (Å²) in [7, 11) is -3.22. The van der Waals surface area contributed by atoms with E-state index in [1.807, 2.05) is 51.2 Å². The Morgan fingerprint density at radius 2 is 1.68 bits per heavy atom. The van der Waals surface area contributed by atoms with Crippen molar-refractivity contribution in [2.75, 3.05) is 42.2 Å². The molecule has 220 valence electrons. The molecular formula is C30H40N6O4S. The first-order valence-corrected chi connectivity index (χ1v) is 16.3. The molecule has 41 heavy (non-hydrogen) atoms. The molecule has 5 rings (SSSR count). The fourth-order valence-electron chi connectivity index (χ4n) is 6.02. The average molecular weight is 581 g/mol. The minimum Gasteiger partial charge on any atom is -0.354 e. The summed E-state index contributed by atoms with van der Waals surface area (Å²) in [4.78, 5) is 39.6. The van der Waals surface area contributed by atoms with Crippen LogP contribution in [0.2, 0.25) is 0 Å². The van der Waals surface area contributed by atoms with Gasteiger partial charge in [0.05, 0.1) is 11.9 Å². The van der Waals surface area contributed by atoms with E-state index in [2.05, 4.69) is 26.2 Å². The quantitative estimate of drug-likeness (QED) is 0.558. The molecule has 1 saturated carbocycles. The third-order valence-corrected chi connectivity index (χ3v) is 9.56. The Morgan fingerprint density at radius 1 is 1.02 bits per heavy atom. The second kappa shape index (κ2) is 11.9. The first-order chi connectivity index (χ1) is 19.5. The lowest BCUT2D eigenvalue weighted by Crippen LogP contribution is -2.48. The van der Waals surface area contributed by atoms with Crippen LogP contribution in [0.15, 0.2) is 41.5 Å². The number of rotatable bonds is 6. The number of aryl methyl sites for hydroxylation is 1. The van der Waals surface area contributed by atoms with E-state index in [4.69, 9.17) is 4.98 Å². The zero-order valence-corrected chi connectivity index (χ0v) is 25.2. The summed E-state index contributed by atoms with van der Waals surface area (Å²) in [6.45, 7) is 7.89. The summed E-state index contributed by atoms with van der Waals surface area (Å²) in [5.41, 5.74) is 3.64. The molecule has 2 amide bonds. The number of nitrogens with zero attached hydrogens (tertiary/aromatic N) is 5. The molecule has 1 aromatic heterocycles. The second-order valence-corrected chi connectivity index (χ2v) is 13.7. The molecule has 2 fully saturated rings. The summed E-state index contributed by atoms with van der Waals surface area (Å²) in [6.07, 6.45) is 6.81. The van der Waals surface area contributed by atoms with Gasteiger partial charge < -0.3 is 15.1 Å². The van der Waals surface area contributed by atoms with Gasteiger partial charge in [0.15, 0.2) is 0 Å². The molecule has 1 saturated heterocycles. The number of carbonyl (C=O) groups is 2. The highest BCUT2D eigenvalue weighted by molar-refractivity contribution is 7.88. The number of sulfonamides is 1. The van der Waals surface area contributed by atoms with Gasteiger partial charge >= 0.3 is 0 Å². The third-order valence-electron chi connectivity index (χ3n) is 8.26. The molecule has 0 bridgehead atoms. The number of aliphatic imine (C=N–C) groups is 1. The monoisotopic (exact) mass is 580 g/mol. The SMILES string of the molecule is Cc1ccc(C(=O)N=C2Cc3cnc(N4CCN(S(C)(=O)=O)CC4)cc3N2C2CCC(C(=O)NC(C)C)CC2)cc1. The van der Waals surface area contributed by atoms with Crippen molar-refractivity contribution in [2.45, 2.75) is 65.0 Å². The van der Waals surface area contributed by atoms with Crippen molar-refractivity contribution in [3.63, 3.8) is 0 Å². The van der Waals surface area contributed by atoms with Gasteiger partial charge in [0.25, 0.3) is 5.91 Å². The van der Waals surface area contributed by atoms with Crippen molar-refractivity contribution in [3.8, 4) is 0 Å². The lowest BCUT2D eigenvalue weighted by atomic mass is 9.84. The number of hydrogen-bond acceptors (Lipinski definition) is 6. The maximum absolute atomic E-state index is 13.2. The Morgan fingerprint density at radius 3 is 2.29 bits per heavy atom. The molecule has 11 heteroatoms. The Labute approximate surface area is 242 Å². The summed E-state index contributed by atoms with van der Waals surface area (Å²) in [6, 6.07) is 9.73. The number of aromatic nitrogens is 1. The van der Waals surface area contributed by atoms with Crippen LogP contribution in [0.3, 0.4) is 0 Å². The molecule has 3 heterocycles. The Hall–Kier alpha value is -3.31. The first-order valence-electron chi connectivity index (χ1n) is 14.5. The molecule has 0 spiro atoms. The van der Waals surface area contributed by atoms with E-state index in [1.54, 1.807) is 0 Å². The summed E-state index contributed by atoms with van der Waals surface area (Å²) < 4.78 is 25.5. The maximum Gasteiger partial charge on any atom is 0.278 e. The Balaban J connectivity index is 1.41. The molecule has 2 aliphatic heterocycles. The standard InChI is InChI=1S/C30H40N6O4S/c1-20(2)32-29(37)23-9-11-25(12-10-23)36-26-18-27(34-13-15-35(16-14-34)41(4,39)40)31-19-24(26)17-28(36)33-30(38)22-7-5-21(3)6-8-22/h5-8,18-20,23,25H,9-17H2,1-4H3,(H,32,37). The molecule has 3 aliphatic rings. The van der Waals surface area contributed by atoms with E-state index in [-0.39, 0.29) is 29.8 Å². The molecular weight excluding hydrogens is 540 g/mol. The number of fused-ring (bicyclic) bond motifs is 1. The van der Waals surface area contributed by atoms with Gasteiger partial charge in [0.1, 0.15) is 11.7 Å². The Bertz CT molecular complexity index is 1420. The van der Waals surface area contributed by atoms with Crippen molar-refractivity contribution in [1.29, 1.82) is 0 Å². The number of nitrogens with one attached hydrogen (secondary N) is 1. The van der Waals surface area contributed by atoms with Gasteiger partial charge in [0.2, 0.25) is 15.9 Å². The van der Waals surface area contributed by atoms with Gasteiger partial charge in [-0.05, 0) is 58.6 Å². The zero-order chi connectivity index (χ0) is 29.3.